The van der Waals surface area contributed by atoms with E-state index in [4.69, 9.17) is 5.84 Å². The van der Waals surface area contributed by atoms with E-state index in [1.54, 1.807) is 0 Å². The molecule has 1 atom stereocenters. The molecular weight excluding hydrogens is 102 g/mol. The number of nitrogens with two attached hydrogens (primary N) is 1. The van der Waals surface area contributed by atoms with Crippen LogP contribution in [-0.2, 0) is 0 Å². The second-order valence-corrected chi connectivity index (χ2v) is 1.92. The van der Waals surface area contributed by atoms with E-state index in [2.05, 4.69) is 24.1 Å². The van der Waals surface area contributed by atoms with E-state index < -0.39 is 0 Å². The fourth-order valence-electron chi connectivity index (χ4n) is 0.486. The van der Waals surface area contributed by atoms with Gasteiger partial charge < -0.3 is 4.99 Å². The van der Waals surface area contributed by atoms with E-state index in [0.717, 1.165) is 13.1 Å². The summed E-state index contributed by atoms with van der Waals surface area (Å²) >= 11 is 0. The van der Waals surface area contributed by atoms with Gasteiger partial charge in [0.2, 0.25) is 0 Å². The summed E-state index contributed by atoms with van der Waals surface area (Å²) in [7, 11) is 0. The summed E-state index contributed by atoms with van der Waals surface area (Å²) in [6.07, 6.45) is 0. The van der Waals surface area contributed by atoms with E-state index in [9.17, 15) is 0 Å². The van der Waals surface area contributed by atoms with Gasteiger partial charge in [0.25, 0.3) is 0 Å². The third-order valence-corrected chi connectivity index (χ3v) is 0.907. The Morgan fingerprint density at radius 3 is 2.88 bits per heavy atom. The lowest BCUT2D eigenvalue weighted by Gasteiger charge is -2.04. The molecule has 0 aromatic rings. The molecule has 0 saturated carbocycles. The topological polar surface area (TPSA) is 50.4 Å². The first-order valence-electron chi connectivity index (χ1n) is 2.67. The fourth-order valence-corrected chi connectivity index (χ4v) is 0.486. The lowest BCUT2D eigenvalue weighted by molar-refractivity contribution is 0.536. The Balaban J connectivity index is 3.03. The van der Waals surface area contributed by atoms with E-state index in [1.165, 1.54) is 0 Å². The normalized spacial score (nSPS) is 13.2. The summed E-state index contributed by atoms with van der Waals surface area (Å²) in [4.78, 5) is 3.71. The van der Waals surface area contributed by atoms with Crippen LogP contribution in [0.4, 0.5) is 0 Å². The standard InChI is InChI=1S/C5H13N3/c1-5(3-7-2)4-8-6/h5,8H,2-4,6H2,1H3/t5-/m0/s1. The van der Waals surface area contributed by atoms with Crippen LogP contribution in [0.3, 0.4) is 0 Å². The quantitative estimate of drug-likeness (QED) is 0.302. The van der Waals surface area contributed by atoms with Crippen molar-refractivity contribution in [3.63, 3.8) is 0 Å². The van der Waals surface area contributed by atoms with Crippen LogP contribution in [0, 0.1) is 5.92 Å². The molecule has 48 valence electrons. The van der Waals surface area contributed by atoms with Crippen LogP contribution in [0.15, 0.2) is 4.99 Å². The van der Waals surface area contributed by atoms with Crippen LogP contribution in [0.25, 0.3) is 0 Å². The van der Waals surface area contributed by atoms with Gasteiger partial charge >= 0.3 is 0 Å². The van der Waals surface area contributed by atoms with Crippen molar-refractivity contribution in [1.82, 2.24) is 5.43 Å². The summed E-state index contributed by atoms with van der Waals surface area (Å²) in [5, 5.41) is 0. The molecular formula is C5H13N3. The van der Waals surface area contributed by atoms with Crippen LogP contribution in [0.5, 0.6) is 0 Å². The fraction of sp³-hybridized carbons (Fsp3) is 0.800. The van der Waals surface area contributed by atoms with Crippen molar-refractivity contribution in [3.05, 3.63) is 0 Å². The zero-order chi connectivity index (χ0) is 6.41. The van der Waals surface area contributed by atoms with Crippen LogP contribution >= 0.6 is 0 Å². The molecule has 0 aromatic heterocycles. The first-order valence-corrected chi connectivity index (χ1v) is 2.67. The Hall–Kier alpha value is -0.410. The molecule has 0 aliphatic rings. The van der Waals surface area contributed by atoms with Gasteiger partial charge in [0, 0.05) is 13.1 Å². The molecule has 0 unspecified atom stereocenters. The Kier molecular flexibility index (Phi) is 4.50. The molecule has 0 aliphatic heterocycles. The molecule has 0 fully saturated rings. The minimum Gasteiger partial charge on any atom is -0.301 e. The van der Waals surface area contributed by atoms with Crippen molar-refractivity contribution in [2.24, 2.45) is 16.8 Å². The first-order chi connectivity index (χ1) is 3.81. The van der Waals surface area contributed by atoms with Gasteiger partial charge in [0.1, 0.15) is 0 Å². The van der Waals surface area contributed by atoms with Crippen molar-refractivity contribution in [2.75, 3.05) is 13.1 Å². The first kappa shape index (κ1) is 7.59. The summed E-state index contributed by atoms with van der Waals surface area (Å²) in [5.41, 5.74) is 2.56. The number of nitrogens with one attached hydrogen (secondary N) is 1. The highest BCUT2D eigenvalue weighted by Crippen LogP contribution is 1.89. The zero-order valence-corrected chi connectivity index (χ0v) is 5.22. The average Bonchev–Trinajstić information content (AvgIpc) is 1.68. The minimum absolute atomic E-state index is 0.498. The number of hydrogen-bond donors (Lipinski definition) is 2. The predicted molar refractivity (Wildman–Crippen MR) is 35.8 cm³/mol. The SMILES string of the molecule is C=NC[C@H](C)CNN. The smallest absolute Gasteiger partial charge is 0.0420 e. The highest BCUT2D eigenvalue weighted by atomic mass is 15.2. The average molecular weight is 115 g/mol. The van der Waals surface area contributed by atoms with Gasteiger partial charge in [-0.2, -0.15) is 0 Å². The maximum absolute atomic E-state index is 5.05. The Morgan fingerprint density at radius 1 is 1.88 bits per heavy atom. The summed E-state index contributed by atoms with van der Waals surface area (Å²) < 4.78 is 0. The molecule has 0 bridgehead atoms. The van der Waals surface area contributed by atoms with Gasteiger partial charge in [0.05, 0.1) is 0 Å². The van der Waals surface area contributed by atoms with Gasteiger partial charge in [0.15, 0.2) is 0 Å². The van der Waals surface area contributed by atoms with Gasteiger partial charge in [-0.15, -0.1) is 0 Å². The van der Waals surface area contributed by atoms with Crippen molar-refractivity contribution < 1.29 is 0 Å². The van der Waals surface area contributed by atoms with Crippen LogP contribution in [0.1, 0.15) is 6.92 Å². The monoisotopic (exact) mass is 115 g/mol. The molecule has 0 radical (unpaired) electrons. The number of aliphatic imine (C=N–C) groups is 1. The van der Waals surface area contributed by atoms with E-state index in [0.29, 0.717) is 5.92 Å². The lowest BCUT2D eigenvalue weighted by Crippen LogP contribution is -2.28. The molecule has 0 saturated heterocycles. The molecule has 3 nitrogen and oxygen atoms in total. The number of hydrogen-bond acceptors (Lipinski definition) is 3. The van der Waals surface area contributed by atoms with Gasteiger partial charge in [-0.25, -0.2) is 0 Å². The van der Waals surface area contributed by atoms with Gasteiger partial charge in [-0.05, 0) is 12.6 Å². The molecule has 3 heteroatoms. The summed E-state index contributed by atoms with van der Waals surface area (Å²) in [5.74, 6) is 5.55. The second kappa shape index (κ2) is 4.74. The highest BCUT2D eigenvalue weighted by molar-refractivity contribution is 5.23. The minimum atomic E-state index is 0.498. The Morgan fingerprint density at radius 2 is 2.50 bits per heavy atom. The Bertz CT molecular complexity index is 62.7. The molecule has 8 heavy (non-hydrogen) atoms. The third-order valence-electron chi connectivity index (χ3n) is 0.907. The molecule has 0 aliphatic carbocycles. The second-order valence-electron chi connectivity index (χ2n) is 1.92. The lowest BCUT2D eigenvalue weighted by atomic mass is 10.2. The number of rotatable bonds is 4. The molecule has 0 rings (SSSR count). The number of hydrazine groups is 1. The van der Waals surface area contributed by atoms with Crippen LogP contribution in [-0.4, -0.2) is 19.8 Å². The highest BCUT2D eigenvalue weighted by Gasteiger charge is 1.95. The molecule has 3 N–H and O–H groups in total. The Labute approximate surface area is 50.0 Å². The molecule has 0 amide bonds. The number of nitrogens with zero attached hydrogens (tertiary/aromatic N) is 1. The van der Waals surface area contributed by atoms with Crippen molar-refractivity contribution in [1.29, 1.82) is 0 Å². The van der Waals surface area contributed by atoms with Gasteiger partial charge in [-0.1, -0.05) is 6.92 Å². The maximum atomic E-state index is 5.05. The molecule has 0 spiro atoms. The van der Waals surface area contributed by atoms with Gasteiger partial charge in [-0.3, -0.25) is 11.3 Å². The van der Waals surface area contributed by atoms with Crippen LogP contribution in [0.2, 0.25) is 0 Å². The van der Waals surface area contributed by atoms with E-state index in [1.807, 2.05) is 0 Å². The van der Waals surface area contributed by atoms with Crippen molar-refractivity contribution >= 4 is 6.72 Å². The molecule has 0 heterocycles. The summed E-state index contributed by atoms with van der Waals surface area (Å²) in [6, 6.07) is 0. The third kappa shape index (κ3) is 3.77. The maximum Gasteiger partial charge on any atom is 0.0420 e. The molecule has 0 aromatic carbocycles. The predicted octanol–water partition coefficient (Wildman–Crippen LogP) is -0.214. The summed E-state index contributed by atoms with van der Waals surface area (Å²) in [6.45, 7) is 7.01. The van der Waals surface area contributed by atoms with E-state index >= 15 is 0 Å². The zero-order valence-electron chi connectivity index (χ0n) is 5.22. The van der Waals surface area contributed by atoms with E-state index in [-0.39, 0.29) is 0 Å². The van der Waals surface area contributed by atoms with Crippen molar-refractivity contribution in [2.45, 2.75) is 6.92 Å². The van der Waals surface area contributed by atoms with Crippen LogP contribution < -0.4 is 11.3 Å². The largest absolute Gasteiger partial charge is 0.301 e. The van der Waals surface area contributed by atoms with Crippen molar-refractivity contribution in [3.8, 4) is 0 Å².